The molecule has 1 N–H and O–H groups in total. The van der Waals surface area contributed by atoms with Crippen LogP contribution in [0.5, 0.6) is 0 Å². The molecule has 2 aliphatic rings. The smallest absolute Gasteiger partial charge is 0.228 e. The molecule has 1 aromatic heterocycles. The van der Waals surface area contributed by atoms with Crippen LogP contribution < -0.4 is 5.32 Å². The van der Waals surface area contributed by atoms with Crippen molar-refractivity contribution in [2.24, 2.45) is 5.41 Å². The third-order valence-electron chi connectivity index (χ3n) is 5.79. The van der Waals surface area contributed by atoms with Crippen molar-refractivity contribution in [3.8, 4) is 0 Å². The molecule has 0 aromatic carbocycles. The zero-order valence-electron chi connectivity index (χ0n) is 15.2. The molecule has 0 bridgehead atoms. The first-order valence-electron chi connectivity index (χ1n) is 8.53. The molecule has 9 heteroatoms. The number of sulfonamides is 1. The van der Waals surface area contributed by atoms with Crippen molar-refractivity contribution in [1.29, 1.82) is 0 Å². The number of nitrogens with one attached hydrogen (secondary N) is 1. The second-order valence-electron chi connectivity index (χ2n) is 7.14. The molecule has 140 valence electrons. The average Bonchev–Trinajstić information content (AvgIpc) is 2.90. The van der Waals surface area contributed by atoms with E-state index in [2.05, 4.69) is 15.4 Å². The number of carbonyl (C=O) groups is 1. The van der Waals surface area contributed by atoms with Crippen molar-refractivity contribution in [1.82, 2.24) is 19.7 Å². The predicted molar refractivity (Wildman–Crippen MR) is 92.3 cm³/mol. The van der Waals surface area contributed by atoms with Gasteiger partial charge in [0.05, 0.1) is 16.9 Å². The Kier molecular flexibility index (Phi) is 4.67. The summed E-state index contributed by atoms with van der Waals surface area (Å²) in [5.41, 5.74) is 1.19. The van der Waals surface area contributed by atoms with Crippen LogP contribution in [0, 0.1) is 19.3 Å². The first-order chi connectivity index (χ1) is 11.7. The summed E-state index contributed by atoms with van der Waals surface area (Å²) in [7, 11) is -0.0692. The molecule has 2 atom stereocenters. The van der Waals surface area contributed by atoms with E-state index >= 15 is 0 Å². The summed E-state index contributed by atoms with van der Waals surface area (Å²) in [5.74, 6) is 0.715. The van der Waals surface area contributed by atoms with Gasteiger partial charge in [-0.25, -0.2) is 12.7 Å². The second kappa shape index (κ2) is 6.37. The topological polar surface area (TPSA) is 95.8 Å². The molecule has 0 radical (unpaired) electrons. The van der Waals surface area contributed by atoms with Gasteiger partial charge in [-0.3, -0.25) is 9.69 Å². The quantitative estimate of drug-likeness (QED) is 0.820. The van der Waals surface area contributed by atoms with Gasteiger partial charge in [0.25, 0.3) is 0 Å². The summed E-state index contributed by atoms with van der Waals surface area (Å²) in [4.78, 5) is 15.0. The number of carbonyl (C=O) groups excluding carboxylic acids is 1. The zero-order valence-corrected chi connectivity index (χ0v) is 16.0. The van der Waals surface area contributed by atoms with Crippen LogP contribution in [0.15, 0.2) is 4.52 Å². The van der Waals surface area contributed by atoms with Crippen molar-refractivity contribution in [2.45, 2.75) is 39.3 Å². The third kappa shape index (κ3) is 2.98. The lowest BCUT2D eigenvalue weighted by Gasteiger charge is -2.52. The van der Waals surface area contributed by atoms with Gasteiger partial charge in [0.2, 0.25) is 15.9 Å². The van der Waals surface area contributed by atoms with Crippen LogP contribution in [-0.2, 0) is 21.4 Å². The Morgan fingerprint density at radius 1 is 1.44 bits per heavy atom. The highest BCUT2D eigenvalue weighted by Gasteiger charge is 2.55. The summed E-state index contributed by atoms with van der Waals surface area (Å²) in [6, 6.07) is -0.299. The van der Waals surface area contributed by atoms with Gasteiger partial charge in [0.1, 0.15) is 5.76 Å². The average molecular weight is 370 g/mol. The van der Waals surface area contributed by atoms with E-state index in [9.17, 15) is 13.2 Å². The van der Waals surface area contributed by atoms with E-state index < -0.39 is 15.4 Å². The summed E-state index contributed by atoms with van der Waals surface area (Å²) < 4.78 is 31.2. The van der Waals surface area contributed by atoms with Gasteiger partial charge in [0.15, 0.2) is 0 Å². The minimum Gasteiger partial charge on any atom is -0.361 e. The van der Waals surface area contributed by atoms with Gasteiger partial charge >= 0.3 is 0 Å². The summed E-state index contributed by atoms with van der Waals surface area (Å²) >= 11 is 0. The Morgan fingerprint density at radius 2 is 2.16 bits per heavy atom. The molecular weight excluding hydrogens is 344 g/mol. The van der Waals surface area contributed by atoms with Crippen molar-refractivity contribution in [3.63, 3.8) is 0 Å². The van der Waals surface area contributed by atoms with Gasteiger partial charge in [-0.1, -0.05) is 5.16 Å². The molecule has 1 aromatic rings. The van der Waals surface area contributed by atoms with Crippen LogP contribution in [0.3, 0.4) is 0 Å². The van der Waals surface area contributed by atoms with Crippen molar-refractivity contribution in [3.05, 3.63) is 17.0 Å². The normalized spacial score (nSPS) is 30.0. The highest BCUT2D eigenvalue weighted by atomic mass is 32.2. The summed E-state index contributed by atoms with van der Waals surface area (Å²) in [6.07, 6.45) is 0.981. The largest absolute Gasteiger partial charge is 0.361 e. The van der Waals surface area contributed by atoms with E-state index in [1.54, 1.807) is 14.1 Å². The van der Waals surface area contributed by atoms with Crippen LogP contribution in [0.4, 0.5) is 0 Å². The summed E-state index contributed by atoms with van der Waals surface area (Å²) in [6.45, 7) is 5.71. The Bertz CT molecular complexity index is 756. The fourth-order valence-electron chi connectivity index (χ4n) is 4.26. The van der Waals surface area contributed by atoms with E-state index in [0.717, 1.165) is 23.6 Å². The number of aromatic nitrogens is 1. The van der Waals surface area contributed by atoms with Gasteiger partial charge < -0.3 is 9.84 Å². The number of fused-ring (bicyclic) bond motifs is 1. The van der Waals surface area contributed by atoms with Gasteiger partial charge in [-0.2, -0.15) is 0 Å². The fraction of sp³-hybridized carbons (Fsp3) is 0.750. The SMILES string of the molecule is CNC(=O)[C@]12CCS(=O)(=O)N(C)[C@@H]1CCN(Cc1c(C)noc1C)C2. The number of hydrogen-bond donors (Lipinski definition) is 1. The van der Waals surface area contributed by atoms with E-state index in [1.165, 1.54) is 4.31 Å². The van der Waals surface area contributed by atoms with Gasteiger partial charge in [-0.15, -0.1) is 0 Å². The highest BCUT2D eigenvalue weighted by molar-refractivity contribution is 7.89. The number of rotatable bonds is 3. The summed E-state index contributed by atoms with van der Waals surface area (Å²) in [5, 5.41) is 6.75. The predicted octanol–water partition coefficient (Wildman–Crippen LogP) is 0.263. The van der Waals surface area contributed by atoms with E-state index in [-0.39, 0.29) is 17.7 Å². The lowest BCUT2D eigenvalue weighted by molar-refractivity contribution is -0.139. The minimum atomic E-state index is -3.28. The Morgan fingerprint density at radius 3 is 2.76 bits per heavy atom. The van der Waals surface area contributed by atoms with E-state index in [4.69, 9.17) is 4.52 Å². The molecule has 2 aliphatic heterocycles. The molecular formula is C16H26N4O4S. The molecule has 8 nitrogen and oxygen atoms in total. The number of likely N-dealkylation sites (tertiary alicyclic amines) is 1. The molecule has 3 heterocycles. The van der Waals surface area contributed by atoms with Gasteiger partial charge in [0, 0.05) is 45.3 Å². The Balaban J connectivity index is 1.89. The van der Waals surface area contributed by atoms with Crippen molar-refractivity contribution < 1.29 is 17.7 Å². The first kappa shape index (κ1) is 18.3. The van der Waals surface area contributed by atoms with Crippen LogP contribution >= 0.6 is 0 Å². The maximum Gasteiger partial charge on any atom is 0.228 e. The number of nitrogens with zero attached hydrogens (tertiary/aromatic N) is 3. The van der Waals surface area contributed by atoms with E-state index in [1.807, 2.05) is 13.8 Å². The minimum absolute atomic E-state index is 0.00653. The molecule has 3 rings (SSSR count). The van der Waals surface area contributed by atoms with Gasteiger partial charge in [-0.05, 0) is 26.7 Å². The number of amides is 1. The Hall–Kier alpha value is -1.45. The maximum absolute atomic E-state index is 12.8. The fourth-order valence-corrected chi connectivity index (χ4v) is 5.87. The molecule has 0 aliphatic carbocycles. The lowest BCUT2D eigenvalue weighted by atomic mass is 9.72. The van der Waals surface area contributed by atoms with Crippen LogP contribution in [-0.4, -0.2) is 67.7 Å². The maximum atomic E-state index is 12.8. The molecule has 0 saturated carbocycles. The number of piperidine rings is 1. The number of aryl methyl sites for hydroxylation is 2. The third-order valence-corrected chi connectivity index (χ3v) is 7.64. The molecule has 25 heavy (non-hydrogen) atoms. The molecule has 2 fully saturated rings. The van der Waals surface area contributed by atoms with Crippen molar-refractivity contribution >= 4 is 15.9 Å². The van der Waals surface area contributed by atoms with Crippen LogP contribution in [0.1, 0.15) is 29.9 Å². The molecule has 0 unspecified atom stereocenters. The molecule has 1 amide bonds. The first-order valence-corrected chi connectivity index (χ1v) is 10.1. The molecule has 2 saturated heterocycles. The van der Waals surface area contributed by atoms with E-state index in [0.29, 0.717) is 25.9 Å². The standard InChI is InChI=1S/C16H26N4O4S/c1-11-13(12(2)24-18-11)9-20-7-5-14-16(10-20,15(21)17-3)6-8-25(22,23)19(14)4/h14H,5-10H2,1-4H3,(H,17,21)/t14-,16+/m1/s1. The monoisotopic (exact) mass is 370 g/mol. The zero-order chi connectivity index (χ0) is 18.4. The van der Waals surface area contributed by atoms with Crippen LogP contribution in [0.2, 0.25) is 0 Å². The van der Waals surface area contributed by atoms with Crippen molar-refractivity contribution in [2.75, 3.05) is 32.9 Å². The second-order valence-corrected chi connectivity index (χ2v) is 9.28. The Labute approximate surface area is 148 Å². The van der Waals surface area contributed by atoms with Crippen LogP contribution in [0.25, 0.3) is 0 Å². The molecule has 0 spiro atoms. The number of hydrogen-bond acceptors (Lipinski definition) is 6. The lowest BCUT2D eigenvalue weighted by Crippen LogP contribution is -2.66. The highest BCUT2D eigenvalue weighted by Crippen LogP contribution is 2.42.